The number of para-hydroxylation sites is 3. The van der Waals surface area contributed by atoms with Gasteiger partial charge in [0.1, 0.15) is 0 Å². The number of thiol groups is 1. The predicted octanol–water partition coefficient (Wildman–Crippen LogP) is 10.4. The fourth-order valence-corrected chi connectivity index (χ4v) is 6.28. The molecule has 2 heterocycles. The normalized spacial score (nSPS) is 17.2. The van der Waals surface area contributed by atoms with Gasteiger partial charge in [0.15, 0.2) is 0 Å². The summed E-state index contributed by atoms with van der Waals surface area (Å²) in [6.45, 7) is 6.84. The molecule has 2 aliphatic heterocycles. The Bertz CT molecular complexity index is 1560. The van der Waals surface area contributed by atoms with Crippen LogP contribution in [0.4, 0.5) is 28.4 Å². The van der Waals surface area contributed by atoms with Gasteiger partial charge in [-0.25, -0.2) is 0 Å². The van der Waals surface area contributed by atoms with Gasteiger partial charge < -0.3 is 9.80 Å². The van der Waals surface area contributed by atoms with Crippen LogP contribution in [0.25, 0.3) is 6.08 Å². The Morgan fingerprint density at radius 1 is 0.658 bits per heavy atom. The maximum absolute atomic E-state index is 4.64. The second kappa shape index (κ2) is 9.94. The van der Waals surface area contributed by atoms with E-state index in [1.807, 2.05) is 17.2 Å². The van der Waals surface area contributed by atoms with Crippen LogP contribution in [0.2, 0.25) is 0 Å². The lowest BCUT2D eigenvalue weighted by Crippen LogP contribution is -2.21. The molecule has 0 atom stereocenters. The Morgan fingerprint density at radius 3 is 1.84 bits per heavy atom. The molecule has 2 aliphatic rings. The maximum Gasteiger partial charge on any atom is 0.0601 e. The number of anilines is 5. The van der Waals surface area contributed by atoms with Crippen molar-refractivity contribution in [3.8, 4) is 0 Å². The Labute approximate surface area is 235 Å². The third kappa shape index (κ3) is 4.48. The van der Waals surface area contributed by atoms with Crippen molar-refractivity contribution in [2.24, 2.45) is 0 Å². The molecule has 4 aromatic carbocycles. The van der Waals surface area contributed by atoms with E-state index in [1.165, 1.54) is 26.7 Å². The van der Waals surface area contributed by atoms with Crippen LogP contribution in [-0.4, -0.2) is 0 Å². The van der Waals surface area contributed by atoms with Gasteiger partial charge in [0.25, 0.3) is 0 Å². The molecule has 4 aromatic rings. The van der Waals surface area contributed by atoms with Crippen molar-refractivity contribution in [2.75, 3.05) is 9.80 Å². The zero-order valence-corrected chi connectivity index (χ0v) is 23.5. The lowest BCUT2D eigenvalue weighted by Gasteiger charge is -2.36. The van der Waals surface area contributed by atoms with E-state index in [2.05, 4.69) is 158 Å². The van der Waals surface area contributed by atoms with E-state index in [4.69, 9.17) is 0 Å². The van der Waals surface area contributed by atoms with Crippen molar-refractivity contribution in [1.82, 2.24) is 0 Å². The molecule has 2 nitrogen and oxygen atoms in total. The third-order valence-electron chi connectivity index (χ3n) is 6.94. The smallest absolute Gasteiger partial charge is 0.0601 e. The summed E-state index contributed by atoms with van der Waals surface area (Å²) in [5, 5.41) is 1.89. The average molecular weight is 531 g/mol. The molecular weight excluding hydrogens is 501 g/mol. The molecule has 38 heavy (non-hydrogen) atoms. The van der Waals surface area contributed by atoms with E-state index in [1.54, 1.807) is 0 Å². The molecule has 6 rings (SSSR count). The highest BCUT2D eigenvalue weighted by molar-refractivity contribution is 7.99. The van der Waals surface area contributed by atoms with Crippen molar-refractivity contribution in [3.05, 3.63) is 131 Å². The summed E-state index contributed by atoms with van der Waals surface area (Å²) in [5.74, 6) is 0. The second-order valence-corrected chi connectivity index (χ2v) is 11.9. The van der Waals surface area contributed by atoms with Gasteiger partial charge in [-0.15, -0.1) is 12.6 Å². The number of rotatable bonds is 2. The minimum Gasteiger partial charge on any atom is -0.309 e. The van der Waals surface area contributed by atoms with E-state index >= 15 is 0 Å². The summed E-state index contributed by atoms with van der Waals surface area (Å²) in [6, 6.07) is 32.9. The number of nitrogens with zero attached hydrogens (tertiary/aromatic N) is 2. The Kier molecular flexibility index (Phi) is 6.46. The van der Waals surface area contributed by atoms with E-state index in [-0.39, 0.29) is 5.41 Å². The van der Waals surface area contributed by atoms with E-state index in [0.717, 1.165) is 28.3 Å². The molecule has 188 valence electrons. The first-order valence-electron chi connectivity index (χ1n) is 12.8. The highest BCUT2D eigenvalue weighted by Crippen LogP contribution is 2.52. The Hall–Kier alpha value is -3.60. The van der Waals surface area contributed by atoms with Gasteiger partial charge in [0.05, 0.1) is 22.8 Å². The zero-order valence-electron chi connectivity index (χ0n) is 21.8. The van der Waals surface area contributed by atoms with E-state index in [0.29, 0.717) is 0 Å². The summed E-state index contributed by atoms with van der Waals surface area (Å²) >= 11 is 6.47. The van der Waals surface area contributed by atoms with Gasteiger partial charge in [0.2, 0.25) is 0 Å². The Morgan fingerprint density at radius 2 is 1.21 bits per heavy atom. The summed E-state index contributed by atoms with van der Waals surface area (Å²) in [4.78, 5) is 7.25. The average Bonchev–Trinajstić information content (AvgIpc) is 2.91. The van der Waals surface area contributed by atoms with Crippen LogP contribution in [-0.2, 0) is 5.41 Å². The van der Waals surface area contributed by atoms with Crippen molar-refractivity contribution in [2.45, 2.75) is 36.0 Å². The topological polar surface area (TPSA) is 6.48 Å². The van der Waals surface area contributed by atoms with Gasteiger partial charge in [-0.3, -0.25) is 0 Å². The first kappa shape index (κ1) is 24.7. The first-order chi connectivity index (χ1) is 18.4. The number of benzene rings is 4. The zero-order chi connectivity index (χ0) is 26.3. The molecule has 0 amide bonds. The molecule has 0 aromatic heterocycles. The molecule has 0 saturated carbocycles. The van der Waals surface area contributed by atoms with Crippen molar-refractivity contribution >= 4 is 58.9 Å². The van der Waals surface area contributed by atoms with Crippen LogP contribution in [0.15, 0.2) is 130 Å². The fraction of sp³-hybridized carbons (Fsp3) is 0.118. The van der Waals surface area contributed by atoms with Gasteiger partial charge in [-0.1, -0.05) is 93.2 Å². The van der Waals surface area contributed by atoms with Gasteiger partial charge in [-0.2, -0.15) is 0 Å². The monoisotopic (exact) mass is 530 g/mol. The van der Waals surface area contributed by atoms with Crippen LogP contribution in [0.1, 0.15) is 31.9 Å². The highest BCUT2D eigenvalue weighted by Gasteiger charge is 2.28. The van der Waals surface area contributed by atoms with Crippen LogP contribution < -0.4 is 9.80 Å². The molecule has 0 unspecified atom stereocenters. The largest absolute Gasteiger partial charge is 0.309 e. The summed E-state index contributed by atoms with van der Waals surface area (Å²) in [7, 11) is 0. The minimum absolute atomic E-state index is 0.0445. The molecular formula is C34H30N2S2. The molecule has 0 aliphatic carbocycles. The van der Waals surface area contributed by atoms with Crippen LogP contribution >= 0.6 is 24.4 Å². The van der Waals surface area contributed by atoms with Crippen LogP contribution in [0, 0.1) is 0 Å². The second-order valence-electron chi connectivity index (χ2n) is 10.5. The molecule has 0 fully saturated rings. The number of hydrogen-bond donors (Lipinski definition) is 1. The lowest BCUT2D eigenvalue weighted by atomic mass is 9.86. The van der Waals surface area contributed by atoms with Gasteiger partial charge in [0, 0.05) is 21.2 Å². The van der Waals surface area contributed by atoms with E-state index < -0.39 is 0 Å². The fourth-order valence-electron chi connectivity index (χ4n) is 5.02. The summed E-state index contributed by atoms with van der Waals surface area (Å²) in [6.07, 6.45) is 8.44. The Balaban J connectivity index is 1.63. The third-order valence-corrected chi connectivity index (χ3v) is 8.33. The summed E-state index contributed by atoms with van der Waals surface area (Å²) < 4.78 is 0. The van der Waals surface area contributed by atoms with Gasteiger partial charge >= 0.3 is 0 Å². The lowest BCUT2D eigenvalue weighted by molar-refractivity contribution is 0.590. The molecule has 0 radical (unpaired) electrons. The van der Waals surface area contributed by atoms with Gasteiger partial charge in [-0.05, 0) is 76.6 Å². The molecule has 0 spiro atoms. The minimum atomic E-state index is -0.0445. The molecule has 0 bridgehead atoms. The van der Waals surface area contributed by atoms with Crippen LogP contribution in [0.5, 0.6) is 0 Å². The van der Waals surface area contributed by atoms with Crippen molar-refractivity contribution in [1.29, 1.82) is 0 Å². The standard InChI is InChI=1S/C34H30N2S2/c1-34(2,3)25-20-27(35-26(23-37)14-6-4-12-24-13-5-7-15-29(24)35)22-28(21-25)36-30-16-8-10-18-32(30)38-33-19-11-9-17-31(33)36/h4-23,37H,1-3H3/b12-4-,14-6-,26-23-. The molecule has 0 N–H and O–H groups in total. The highest BCUT2D eigenvalue weighted by atomic mass is 32.2. The summed E-state index contributed by atoms with van der Waals surface area (Å²) in [5.41, 5.74) is 9.18. The number of allylic oxidation sites excluding steroid dienone is 3. The number of fused-ring (bicyclic) bond motifs is 3. The van der Waals surface area contributed by atoms with Crippen molar-refractivity contribution in [3.63, 3.8) is 0 Å². The first-order valence-corrected chi connectivity index (χ1v) is 14.2. The molecule has 0 saturated heterocycles. The van der Waals surface area contributed by atoms with Crippen molar-refractivity contribution < 1.29 is 0 Å². The SMILES string of the molecule is CC(C)(C)c1cc(N2C(=C\S)/C=C\C=C/c3ccccc32)cc(N2c3ccccc3Sc3ccccc32)c1. The maximum atomic E-state index is 4.64. The quantitative estimate of drug-likeness (QED) is 0.227. The predicted molar refractivity (Wildman–Crippen MR) is 168 cm³/mol. The van der Waals surface area contributed by atoms with Crippen LogP contribution in [0.3, 0.4) is 0 Å². The number of hydrogen-bond acceptors (Lipinski definition) is 4. The van der Waals surface area contributed by atoms with E-state index in [9.17, 15) is 0 Å². The molecule has 4 heteroatoms.